The standard InChI is InChI=1S/C16H22N2S/c1-11-6-5-7-12(10-11)15-18-14(16(2,3)4)13(19-15)8-9-17/h5-7,10H,8-9,17H2,1-4H3. The maximum Gasteiger partial charge on any atom is 0.123 e. The average Bonchev–Trinajstić information content (AvgIpc) is 2.73. The van der Waals surface area contributed by atoms with Crippen molar-refractivity contribution in [1.29, 1.82) is 0 Å². The fourth-order valence-electron chi connectivity index (χ4n) is 2.14. The highest BCUT2D eigenvalue weighted by molar-refractivity contribution is 7.15. The van der Waals surface area contributed by atoms with Crippen LogP contribution < -0.4 is 5.73 Å². The summed E-state index contributed by atoms with van der Waals surface area (Å²) in [6.07, 6.45) is 0.913. The lowest BCUT2D eigenvalue weighted by molar-refractivity contribution is 0.566. The first-order valence-electron chi connectivity index (χ1n) is 6.69. The molecule has 0 saturated heterocycles. The van der Waals surface area contributed by atoms with Crippen LogP contribution >= 0.6 is 11.3 Å². The molecule has 0 amide bonds. The first-order valence-corrected chi connectivity index (χ1v) is 7.51. The molecule has 0 aliphatic rings. The molecule has 1 aromatic heterocycles. The van der Waals surface area contributed by atoms with E-state index < -0.39 is 0 Å². The van der Waals surface area contributed by atoms with Gasteiger partial charge in [-0.25, -0.2) is 4.98 Å². The molecule has 3 heteroatoms. The first-order chi connectivity index (χ1) is 8.91. The Kier molecular flexibility index (Phi) is 4.07. The van der Waals surface area contributed by atoms with E-state index in [9.17, 15) is 0 Å². The number of hydrogen-bond donors (Lipinski definition) is 1. The third kappa shape index (κ3) is 3.23. The lowest BCUT2D eigenvalue weighted by atomic mass is 9.91. The first kappa shape index (κ1) is 14.2. The summed E-state index contributed by atoms with van der Waals surface area (Å²) >= 11 is 1.78. The van der Waals surface area contributed by atoms with E-state index in [1.165, 1.54) is 21.7 Å². The van der Waals surface area contributed by atoms with Crippen LogP contribution in [0.2, 0.25) is 0 Å². The quantitative estimate of drug-likeness (QED) is 0.921. The molecule has 0 fully saturated rings. The number of rotatable bonds is 3. The van der Waals surface area contributed by atoms with Gasteiger partial charge in [-0.3, -0.25) is 0 Å². The van der Waals surface area contributed by atoms with E-state index in [0.717, 1.165) is 11.4 Å². The van der Waals surface area contributed by atoms with Crippen molar-refractivity contribution >= 4 is 11.3 Å². The number of benzene rings is 1. The topological polar surface area (TPSA) is 38.9 Å². The lowest BCUT2D eigenvalue weighted by Gasteiger charge is -2.17. The number of nitrogens with two attached hydrogens (primary N) is 1. The van der Waals surface area contributed by atoms with Gasteiger partial charge in [-0.2, -0.15) is 0 Å². The van der Waals surface area contributed by atoms with Crippen molar-refractivity contribution in [3.05, 3.63) is 40.4 Å². The lowest BCUT2D eigenvalue weighted by Crippen LogP contribution is -2.15. The van der Waals surface area contributed by atoms with Crippen LogP contribution in [0.4, 0.5) is 0 Å². The van der Waals surface area contributed by atoms with Gasteiger partial charge in [0.25, 0.3) is 0 Å². The molecule has 2 N–H and O–H groups in total. The molecule has 0 aliphatic heterocycles. The zero-order valence-electron chi connectivity index (χ0n) is 12.2. The second-order valence-electron chi connectivity index (χ2n) is 5.95. The van der Waals surface area contributed by atoms with Crippen LogP contribution in [0.25, 0.3) is 10.6 Å². The number of nitrogens with zero attached hydrogens (tertiary/aromatic N) is 1. The highest BCUT2D eigenvalue weighted by Crippen LogP contribution is 2.34. The van der Waals surface area contributed by atoms with Gasteiger partial charge in [-0.15, -0.1) is 11.3 Å². The van der Waals surface area contributed by atoms with Crippen LogP contribution in [0.5, 0.6) is 0 Å². The molecule has 0 atom stereocenters. The van der Waals surface area contributed by atoms with E-state index in [1.807, 2.05) is 0 Å². The van der Waals surface area contributed by atoms with Crippen molar-refractivity contribution < 1.29 is 0 Å². The van der Waals surface area contributed by atoms with Crippen LogP contribution in [-0.4, -0.2) is 11.5 Å². The Hall–Kier alpha value is -1.19. The van der Waals surface area contributed by atoms with Gasteiger partial charge >= 0.3 is 0 Å². The van der Waals surface area contributed by atoms with Crippen LogP contribution in [0.3, 0.4) is 0 Å². The third-order valence-corrected chi connectivity index (χ3v) is 4.21. The Labute approximate surface area is 119 Å². The van der Waals surface area contributed by atoms with E-state index >= 15 is 0 Å². The van der Waals surface area contributed by atoms with Gasteiger partial charge in [-0.05, 0) is 26.0 Å². The molecule has 0 spiro atoms. The van der Waals surface area contributed by atoms with Crippen LogP contribution in [0, 0.1) is 6.92 Å². The summed E-state index contributed by atoms with van der Waals surface area (Å²) in [5, 5.41) is 1.11. The maximum absolute atomic E-state index is 5.72. The zero-order valence-corrected chi connectivity index (χ0v) is 13.0. The highest BCUT2D eigenvalue weighted by Gasteiger charge is 2.23. The molecule has 1 heterocycles. The van der Waals surface area contributed by atoms with Gasteiger partial charge in [0.2, 0.25) is 0 Å². The van der Waals surface area contributed by atoms with E-state index in [2.05, 4.69) is 52.0 Å². The van der Waals surface area contributed by atoms with Crippen LogP contribution in [0.1, 0.15) is 36.9 Å². The number of aromatic nitrogens is 1. The molecule has 0 saturated carbocycles. The Morgan fingerprint density at radius 2 is 2.00 bits per heavy atom. The summed E-state index contributed by atoms with van der Waals surface area (Å²) in [5.41, 5.74) is 9.47. The zero-order chi connectivity index (χ0) is 14.0. The minimum absolute atomic E-state index is 0.0725. The summed E-state index contributed by atoms with van der Waals surface area (Å²) in [5.74, 6) is 0. The molecule has 1 aromatic carbocycles. The number of hydrogen-bond acceptors (Lipinski definition) is 3. The third-order valence-electron chi connectivity index (χ3n) is 3.04. The molecule has 102 valence electrons. The van der Waals surface area contributed by atoms with Crippen molar-refractivity contribution in [2.24, 2.45) is 5.73 Å². The molecule has 19 heavy (non-hydrogen) atoms. The maximum atomic E-state index is 5.72. The Morgan fingerprint density at radius 3 is 2.58 bits per heavy atom. The largest absolute Gasteiger partial charge is 0.330 e. The molecule has 0 aliphatic carbocycles. The monoisotopic (exact) mass is 274 g/mol. The van der Waals surface area contributed by atoms with E-state index in [1.54, 1.807) is 11.3 Å². The molecule has 0 unspecified atom stereocenters. The van der Waals surface area contributed by atoms with Crippen molar-refractivity contribution in [3.63, 3.8) is 0 Å². The van der Waals surface area contributed by atoms with Gasteiger partial charge in [0, 0.05) is 15.9 Å². The second kappa shape index (κ2) is 5.43. The van der Waals surface area contributed by atoms with E-state index in [0.29, 0.717) is 6.54 Å². The fraction of sp³-hybridized carbons (Fsp3) is 0.438. The molecule has 2 nitrogen and oxygen atoms in total. The summed E-state index contributed by atoms with van der Waals surface area (Å²) in [6.45, 7) is 9.42. The Bertz CT molecular complexity index is 564. The van der Waals surface area contributed by atoms with Crippen LogP contribution in [0.15, 0.2) is 24.3 Å². The Morgan fingerprint density at radius 1 is 1.26 bits per heavy atom. The smallest absolute Gasteiger partial charge is 0.123 e. The van der Waals surface area contributed by atoms with Gasteiger partial charge in [0.05, 0.1) is 5.69 Å². The molecule has 2 aromatic rings. The molecular weight excluding hydrogens is 252 g/mol. The average molecular weight is 274 g/mol. The summed E-state index contributed by atoms with van der Waals surface area (Å²) in [6, 6.07) is 8.52. The Balaban J connectivity index is 2.48. The molecular formula is C16H22N2S. The number of aryl methyl sites for hydroxylation is 1. The molecule has 0 bridgehead atoms. The minimum atomic E-state index is 0.0725. The van der Waals surface area contributed by atoms with Gasteiger partial charge in [-0.1, -0.05) is 44.5 Å². The summed E-state index contributed by atoms with van der Waals surface area (Å²) < 4.78 is 0. The predicted molar refractivity (Wildman–Crippen MR) is 83.7 cm³/mol. The van der Waals surface area contributed by atoms with Gasteiger partial charge < -0.3 is 5.73 Å². The van der Waals surface area contributed by atoms with Crippen molar-refractivity contribution in [2.45, 2.75) is 39.5 Å². The summed E-state index contributed by atoms with van der Waals surface area (Å²) in [4.78, 5) is 6.20. The van der Waals surface area contributed by atoms with Gasteiger partial charge in [0.1, 0.15) is 5.01 Å². The molecule has 0 radical (unpaired) electrons. The molecule has 2 rings (SSSR count). The SMILES string of the molecule is Cc1cccc(-c2nc(C(C)(C)C)c(CCN)s2)c1. The van der Waals surface area contributed by atoms with E-state index in [4.69, 9.17) is 10.7 Å². The highest BCUT2D eigenvalue weighted by atomic mass is 32.1. The van der Waals surface area contributed by atoms with Crippen molar-refractivity contribution in [1.82, 2.24) is 4.98 Å². The minimum Gasteiger partial charge on any atom is -0.330 e. The van der Waals surface area contributed by atoms with Crippen molar-refractivity contribution in [2.75, 3.05) is 6.54 Å². The normalized spacial score (nSPS) is 11.8. The van der Waals surface area contributed by atoms with Gasteiger partial charge in [0.15, 0.2) is 0 Å². The van der Waals surface area contributed by atoms with Crippen LogP contribution in [-0.2, 0) is 11.8 Å². The number of thiazole rings is 1. The predicted octanol–water partition coefficient (Wildman–Crippen LogP) is 3.92. The fourth-order valence-corrected chi connectivity index (χ4v) is 3.42. The second-order valence-corrected chi connectivity index (χ2v) is 7.03. The van der Waals surface area contributed by atoms with Crippen molar-refractivity contribution in [3.8, 4) is 10.6 Å². The summed E-state index contributed by atoms with van der Waals surface area (Å²) in [7, 11) is 0. The van der Waals surface area contributed by atoms with E-state index in [-0.39, 0.29) is 5.41 Å².